The lowest BCUT2D eigenvalue weighted by Crippen LogP contribution is -2.59. The van der Waals surface area contributed by atoms with Gasteiger partial charge in [-0.25, -0.2) is 0 Å². The smallest absolute Gasteiger partial charge is 0.305 e. The maximum absolute atomic E-state index is 13.9. The highest BCUT2D eigenvalue weighted by atomic mass is 35.5. The number of aromatic hydroxyl groups is 1. The van der Waals surface area contributed by atoms with Gasteiger partial charge in [0.25, 0.3) is 0 Å². The number of aliphatic carboxylic acids is 1. The Labute approximate surface area is 281 Å². The Balaban J connectivity index is 1.91. The normalized spacial score (nSPS) is 13.2. The molecule has 0 aliphatic rings. The second-order valence-corrected chi connectivity index (χ2v) is 11.3. The lowest BCUT2D eigenvalue weighted by Gasteiger charge is -2.26. The van der Waals surface area contributed by atoms with Crippen LogP contribution in [0, 0.1) is 0 Å². The number of amides is 5. The van der Waals surface area contributed by atoms with Crippen molar-refractivity contribution in [1.29, 1.82) is 0 Å². The SMILES string of the molecule is NCC(=O)NC(CC(=O)O)C(=O)NC(Cc1ccc(O)cc1)C(=O)NC(Cc1ccc(Cl)cc1)C(=O)NC(Cc1ccccc1)C(N)=O. The van der Waals surface area contributed by atoms with E-state index in [4.69, 9.17) is 23.1 Å². The van der Waals surface area contributed by atoms with Crippen molar-refractivity contribution in [2.75, 3.05) is 6.54 Å². The summed E-state index contributed by atoms with van der Waals surface area (Å²) in [6.45, 7) is -0.515. The van der Waals surface area contributed by atoms with Gasteiger partial charge in [-0.05, 0) is 41.0 Å². The zero-order valence-electron chi connectivity index (χ0n) is 25.7. The molecule has 0 saturated heterocycles. The Morgan fingerprint density at radius 1 is 0.625 bits per heavy atom. The Morgan fingerprint density at radius 2 is 1.06 bits per heavy atom. The quantitative estimate of drug-likeness (QED) is 0.0950. The number of phenolic OH excluding ortho intramolecular Hbond substituents is 1. The maximum Gasteiger partial charge on any atom is 0.305 e. The van der Waals surface area contributed by atoms with E-state index in [0.717, 1.165) is 5.56 Å². The molecule has 48 heavy (non-hydrogen) atoms. The fourth-order valence-corrected chi connectivity index (χ4v) is 4.80. The number of nitrogens with one attached hydrogen (secondary N) is 4. The molecule has 0 spiro atoms. The minimum atomic E-state index is -1.57. The number of hydrogen-bond donors (Lipinski definition) is 8. The topological polar surface area (TPSA) is 243 Å². The third-order valence-corrected chi connectivity index (χ3v) is 7.41. The van der Waals surface area contributed by atoms with Crippen LogP contribution in [0.2, 0.25) is 5.02 Å². The largest absolute Gasteiger partial charge is 0.508 e. The first-order valence-corrected chi connectivity index (χ1v) is 15.2. The first kappa shape index (κ1) is 37.0. The van der Waals surface area contributed by atoms with Gasteiger partial charge in [0.1, 0.15) is 29.9 Å². The molecule has 0 radical (unpaired) electrons. The predicted molar refractivity (Wildman–Crippen MR) is 175 cm³/mol. The number of carboxylic acid groups (broad SMARTS) is 1. The molecule has 14 nitrogen and oxygen atoms in total. The number of primary amides is 1. The van der Waals surface area contributed by atoms with Gasteiger partial charge in [0.15, 0.2) is 0 Å². The molecule has 0 aliphatic heterocycles. The molecule has 0 aliphatic carbocycles. The van der Waals surface area contributed by atoms with Crippen LogP contribution >= 0.6 is 11.6 Å². The monoisotopic (exact) mass is 680 g/mol. The summed E-state index contributed by atoms with van der Waals surface area (Å²) in [6.07, 6.45) is -0.930. The van der Waals surface area contributed by atoms with Crippen molar-refractivity contribution in [1.82, 2.24) is 21.3 Å². The number of hydrogen-bond acceptors (Lipinski definition) is 8. The molecule has 10 N–H and O–H groups in total. The molecule has 0 saturated carbocycles. The lowest BCUT2D eigenvalue weighted by atomic mass is 10.0. The highest BCUT2D eigenvalue weighted by molar-refractivity contribution is 6.30. The molecule has 4 unspecified atom stereocenters. The molecule has 4 atom stereocenters. The minimum Gasteiger partial charge on any atom is -0.508 e. The van der Waals surface area contributed by atoms with Crippen molar-refractivity contribution < 1.29 is 39.0 Å². The van der Waals surface area contributed by atoms with Crippen molar-refractivity contribution in [3.8, 4) is 5.75 Å². The standard InChI is InChI=1S/C33H37ClN6O8/c34-22-10-6-20(7-11-22)15-25(31(46)38-24(30(36)45)14-19-4-2-1-3-5-19)39-32(47)26(16-21-8-12-23(41)13-9-21)40-33(48)27(17-29(43)44)37-28(42)18-35/h1-13,24-27,41H,14-18,35H2,(H2,36,45)(H,37,42)(H,38,46)(H,39,47)(H,40,48)(H,43,44). The van der Waals surface area contributed by atoms with Crippen molar-refractivity contribution in [2.24, 2.45) is 11.5 Å². The van der Waals surface area contributed by atoms with Crippen molar-refractivity contribution in [3.63, 3.8) is 0 Å². The Morgan fingerprint density at radius 3 is 1.54 bits per heavy atom. The van der Waals surface area contributed by atoms with Crippen LogP contribution in [0.3, 0.4) is 0 Å². The van der Waals surface area contributed by atoms with E-state index in [0.29, 0.717) is 16.1 Å². The third kappa shape index (κ3) is 12.0. The van der Waals surface area contributed by atoms with Crippen LogP contribution in [-0.4, -0.2) is 76.4 Å². The molecule has 3 aromatic carbocycles. The summed E-state index contributed by atoms with van der Waals surface area (Å²) in [4.78, 5) is 76.5. The average molecular weight is 681 g/mol. The number of nitrogens with two attached hydrogens (primary N) is 2. The second-order valence-electron chi connectivity index (χ2n) is 10.9. The zero-order chi connectivity index (χ0) is 35.2. The third-order valence-electron chi connectivity index (χ3n) is 7.15. The number of halogens is 1. The first-order valence-electron chi connectivity index (χ1n) is 14.8. The molecular formula is C33H37ClN6O8. The van der Waals surface area contributed by atoms with Crippen molar-refractivity contribution in [3.05, 3.63) is 101 Å². The van der Waals surface area contributed by atoms with Gasteiger partial charge >= 0.3 is 5.97 Å². The van der Waals surface area contributed by atoms with Crippen LogP contribution < -0.4 is 32.7 Å². The van der Waals surface area contributed by atoms with Gasteiger partial charge in [-0.3, -0.25) is 28.8 Å². The molecule has 0 heterocycles. The first-order chi connectivity index (χ1) is 22.8. The van der Waals surface area contributed by atoms with Gasteiger partial charge in [0.2, 0.25) is 29.5 Å². The molecule has 3 rings (SSSR count). The van der Waals surface area contributed by atoms with Crippen molar-refractivity contribution in [2.45, 2.75) is 49.9 Å². The minimum absolute atomic E-state index is 0.0472. The highest BCUT2D eigenvalue weighted by Crippen LogP contribution is 2.14. The van der Waals surface area contributed by atoms with E-state index in [1.165, 1.54) is 24.3 Å². The number of carboxylic acids is 1. The Bertz CT molecular complexity index is 1590. The molecule has 0 aromatic heterocycles. The van der Waals surface area contributed by atoms with Crippen LogP contribution in [0.4, 0.5) is 0 Å². The predicted octanol–water partition coefficient (Wildman–Crippen LogP) is -0.0686. The Hall–Kier alpha value is -5.47. The molecule has 3 aromatic rings. The van der Waals surface area contributed by atoms with Crippen LogP contribution in [0.15, 0.2) is 78.9 Å². The summed E-state index contributed by atoms with van der Waals surface area (Å²) in [7, 11) is 0. The lowest BCUT2D eigenvalue weighted by molar-refractivity contribution is -0.141. The zero-order valence-corrected chi connectivity index (χ0v) is 26.5. The van der Waals surface area contributed by atoms with E-state index in [1.807, 2.05) is 0 Å². The van der Waals surface area contributed by atoms with Crippen molar-refractivity contribution >= 4 is 47.1 Å². The summed E-state index contributed by atoms with van der Waals surface area (Å²) in [6, 6.07) is 15.7. The van der Waals surface area contributed by atoms with Gasteiger partial charge in [-0.15, -0.1) is 0 Å². The summed E-state index contributed by atoms with van der Waals surface area (Å²) in [5.41, 5.74) is 12.7. The number of carbonyl (C=O) groups excluding carboxylic acids is 5. The van der Waals surface area contributed by atoms with Gasteiger partial charge in [0, 0.05) is 24.3 Å². The van der Waals surface area contributed by atoms with E-state index in [1.54, 1.807) is 54.6 Å². The second kappa shape index (κ2) is 18.0. The van der Waals surface area contributed by atoms with E-state index in [-0.39, 0.29) is 25.0 Å². The molecule has 254 valence electrons. The van der Waals surface area contributed by atoms with Gasteiger partial charge in [-0.1, -0.05) is 66.2 Å². The molecular weight excluding hydrogens is 644 g/mol. The van der Waals surface area contributed by atoms with Gasteiger partial charge < -0.3 is 42.9 Å². The number of rotatable bonds is 17. The highest BCUT2D eigenvalue weighted by Gasteiger charge is 2.32. The summed E-state index contributed by atoms with van der Waals surface area (Å²) < 4.78 is 0. The van der Waals surface area contributed by atoms with Crippen LogP contribution in [0.25, 0.3) is 0 Å². The van der Waals surface area contributed by atoms with Crippen LogP contribution in [0.1, 0.15) is 23.1 Å². The molecule has 5 amide bonds. The molecule has 15 heteroatoms. The number of carbonyl (C=O) groups is 6. The maximum atomic E-state index is 13.9. The van der Waals surface area contributed by atoms with E-state index < -0.39 is 72.6 Å². The van der Waals surface area contributed by atoms with Crippen LogP contribution in [-0.2, 0) is 48.0 Å². The summed E-state index contributed by atoms with van der Waals surface area (Å²) >= 11 is 6.02. The van der Waals surface area contributed by atoms with E-state index in [9.17, 15) is 39.0 Å². The number of benzene rings is 3. The van der Waals surface area contributed by atoms with E-state index >= 15 is 0 Å². The molecule has 0 fully saturated rings. The average Bonchev–Trinajstić information content (AvgIpc) is 3.05. The van der Waals surface area contributed by atoms with Gasteiger partial charge in [0.05, 0.1) is 13.0 Å². The van der Waals surface area contributed by atoms with E-state index in [2.05, 4.69) is 21.3 Å². The molecule has 0 bridgehead atoms. The van der Waals surface area contributed by atoms with Crippen LogP contribution in [0.5, 0.6) is 5.75 Å². The summed E-state index contributed by atoms with van der Waals surface area (Å²) in [5, 5.41) is 29.4. The number of phenols is 1. The fourth-order valence-electron chi connectivity index (χ4n) is 4.67. The fraction of sp³-hybridized carbons (Fsp3) is 0.273. The van der Waals surface area contributed by atoms with Gasteiger partial charge in [-0.2, -0.15) is 0 Å². The Kier molecular flexibility index (Phi) is 13.9. The summed E-state index contributed by atoms with van der Waals surface area (Å²) in [5.74, 6) is -5.62.